The molecular formula is C22H21N3O3. The van der Waals surface area contributed by atoms with Gasteiger partial charge < -0.3 is 10.4 Å². The molecule has 6 nitrogen and oxygen atoms in total. The number of hydrogen-bond acceptors (Lipinski definition) is 4. The quantitative estimate of drug-likeness (QED) is 0.448. The Balaban J connectivity index is 1.67. The van der Waals surface area contributed by atoms with Crippen LogP contribution in [0.1, 0.15) is 35.7 Å². The molecule has 0 aliphatic carbocycles. The monoisotopic (exact) mass is 375 g/mol. The number of nitrogens with one attached hydrogen (secondary N) is 2. The molecule has 0 heterocycles. The van der Waals surface area contributed by atoms with Gasteiger partial charge in [0, 0.05) is 23.2 Å². The highest BCUT2D eigenvalue weighted by atomic mass is 16.3. The first-order valence-corrected chi connectivity index (χ1v) is 9.02. The third-order valence-electron chi connectivity index (χ3n) is 4.22. The topological polar surface area (TPSA) is 90.8 Å². The number of anilines is 1. The Morgan fingerprint density at radius 1 is 1.04 bits per heavy atom. The Labute approximate surface area is 162 Å². The first-order valence-electron chi connectivity index (χ1n) is 9.02. The van der Waals surface area contributed by atoms with Gasteiger partial charge in [-0.2, -0.15) is 5.10 Å². The van der Waals surface area contributed by atoms with Crippen molar-refractivity contribution in [2.24, 2.45) is 5.10 Å². The number of benzene rings is 3. The summed E-state index contributed by atoms with van der Waals surface area (Å²) in [7, 11) is 0. The van der Waals surface area contributed by atoms with E-state index in [0.717, 1.165) is 17.2 Å². The zero-order chi connectivity index (χ0) is 19.9. The highest BCUT2D eigenvalue weighted by molar-refractivity contribution is 6.03. The van der Waals surface area contributed by atoms with Crippen molar-refractivity contribution >= 4 is 34.5 Å². The number of carbonyl (C=O) groups is 2. The third kappa shape index (κ3) is 4.54. The Hall–Kier alpha value is -3.67. The highest BCUT2D eigenvalue weighted by Crippen LogP contribution is 2.25. The van der Waals surface area contributed by atoms with Gasteiger partial charge in [-0.3, -0.25) is 9.59 Å². The maximum atomic E-state index is 12.2. The van der Waals surface area contributed by atoms with E-state index in [0.29, 0.717) is 23.2 Å². The van der Waals surface area contributed by atoms with Crippen LogP contribution < -0.4 is 10.7 Å². The zero-order valence-electron chi connectivity index (χ0n) is 15.5. The molecule has 0 bridgehead atoms. The van der Waals surface area contributed by atoms with Gasteiger partial charge in [0.05, 0.1) is 6.21 Å². The second kappa shape index (κ2) is 8.81. The number of rotatable bonds is 6. The van der Waals surface area contributed by atoms with Crippen molar-refractivity contribution < 1.29 is 14.7 Å². The summed E-state index contributed by atoms with van der Waals surface area (Å²) < 4.78 is 0. The van der Waals surface area contributed by atoms with Crippen molar-refractivity contribution in [2.75, 3.05) is 5.32 Å². The van der Waals surface area contributed by atoms with E-state index in [1.54, 1.807) is 30.3 Å². The smallest absolute Gasteiger partial charge is 0.271 e. The minimum atomic E-state index is -0.387. The van der Waals surface area contributed by atoms with E-state index in [4.69, 9.17) is 0 Å². The van der Waals surface area contributed by atoms with Gasteiger partial charge in [-0.05, 0) is 47.5 Å². The predicted octanol–water partition coefficient (Wildman–Crippen LogP) is 4.05. The molecule has 0 unspecified atom stereocenters. The van der Waals surface area contributed by atoms with Crippen LogP contribution in [0.4, 0.5) is 5.69 Å². The van der Waals surface area contributed by atoms with E-state index >= 15 is 0 Å². The molecule has 28 heavy (non-hydrogen) atoms. The summed E-state index contributed by atoms with van der Waals surface area (Å²) in [5.74, 6) is -0.356. The van der Waals surface area contributed by atoms with Gasteiger partial charge in [0.1, 0.15) is 5.75 Å². The van der Waals surface area contributed by atoms with Crippen molar-refractivity contribution in [1.29, 1.82) is 0 Å². The molecule has 0 aromatic heterocycles. The van der Waals surface area contributed by atoms with Crippen LogP contribution in [0.25, 0.3) is 10.8 Å². The van der Waals surface area contributed by atoms with Gasteiger partial charge in [0.15, 0.2) is 0 Å². The lowest BCUT2D eigenvalue weighted by atomic mass is 10.0. The van der Waals surface area contributed by atoms with Gasteiger partial charge in [-0.1, -0.05) is 37.3 Å². The Bertz CT molecular complexity index is 1030. The number of aromatic hydroxyl groups is 1. The van der Waals surface area contributed by atoms with Crippen LogP contribution in [0.5, 0.6) is 5.75 Å². The van der Waals surface area contributed by atoms with Crippen LogP contribution >= 0.6 is 0 Å². The first-order chi connectivity index (χ1) is 13.6. The second-order valence-electron chi connectivity index (χ2n) is 6.29. The molecule has 0 saturated heterocycles. The molecule has 3 rings (SSSR count). The summed E-state index contributed by atoms with van der Waals surface area (Å²) in [5.41, 5.74) is 4.03. The number of hydrogen-bond donors (Lipinski definition) is 3. The van der Waals surface area contributed by atoms with E-state index in [9.17, 15) is 14.7 Å². The summed E-state index contributed by atoms with van der Waals surface area (Å²) in [6, 6.07) is 17.6. The van der Waals surface area contributed by atoms with Crippen molar-refractivity contribution in [3.05, 3.63) is 71.8 Å². The molecular weight excluding hydrogens is 354 g/mol. The van der Waals surface area contributed by atoms with E-state index in [1.165, 1.54) is 6.21 Å². The fraction of sp³-hybridized carbons (Fsp3) is 0.136. The molecule has 2 amide bonds. The lowest BCUT2D eigenvalue weighted by Crippen LogP contribution is -2.17. The lowest BCUT2D eigenvalue weighted by molar-refractivity contribution is -0.116. The first kappa shape index (κ1) is 19.1. The molecule has 0 spiro atoms. The fourth-order valence-corrected chi connectivity index (χ4v) is 2.80. The summed E-state index contributed by atoms with van der Waals surface area (Å²) >= 11 is 0. The van der Waals surface area contributed by atoms with Crippen LogP contribution in [0.3, 0.4) is 0 Å². The average molecular weight is 375 g/mol. The van der Waals surface area contributed by atoms with Gasteiger partial charge in [-0.25, -0.2) is 5.43 Å². The van der Waals surface area contributed by atoms with Crippen LogP contribution in [0, 0.1) is 0 Å². The van der Waals surface area contributed by atoms with E-state index in [-0.39, 0.29) is 17.6 Å². The number of amides is 2. The second-order valence-corrected chi connectivity index (χ2v) is 6.29. The highest BCUT2D eigenvalue weighted by Gasteiger charge is 2.07. The molecule has 6 heteroatoms. The van der Waals surface area contributed by atoms with Gasteiger partial charge in [-0.15, -0.1) is 0 Å². The minimum Gasteiger partial charge on any atom is -0.507 e. The molecule has 0 saturated carbocycles. The van der Waals surface area contributed by atoms with Crippen LogP contribution in [0.2, 0.25) is 0 Å². The molecule has 3 aromatic rings. The van der Waals surface area contributed by atoms with E-state index in [1.807, 2.05) is 37.3 Å². The van der Waals surface area contributed by atoms with Crippen LogP contribution in [-0.4, -0.2) is 23.1 Å². The van der Waals surface area contributed by atoms with Crippen molar-refractivity contribution in [3.8, 4) is 5.75 Å². The lowest BCUT2D eigenvalue weighted by Gasteiger charge is -2.06. The normalized spacial score (nSPS) is 10.9. The molecule has 3 aromatic carbocycles. The molecule has 0 aliphatic heterocycles. The SMILES string of the molecule is CCCC(=O)Nc1ccc(C(=O)NN=Cc2c(O)ccc3ccccc23)cc1. The molecule has 0 fully saturated rings. The van der Waals surface area contributed by atoms with Crippen molar-refractivity contribution in [2.45, 2.75) is 19.8 Å². The summed E-state index contributed by atoms with van der Waals surface area (Å²) in [6.07, 6.45) is 2.66. The molecule has 0 aliphatic rings. The Morgan fingerprint density at radius 3 is 2.54 bits per heavy atom. The molecule has 142 valence electrons. The number of fused-ring (bicyclic) bond motifs is 1. The maximum Gasteiger partial charge on any atom is 0.271 e. The van der Waals surface area contributed by atoms with Crippen molar-refractivity contribution in [1.82, 2.24) is 5.43 Å². The molecule has 3 N–H and O–H groups in total. The largest absolute Gasteiger partial charge is 0.507 e. The number of phenolic OH excluding ortho intramolecular Hbond substituents is 1. The zero-order valence-corrected chi connectivity index (χ0v) is 15.5. The van der Waals surface area contributed by atoms with Gasteiger partial charge in [0.25, 0.3) is 5.91 Å². The number of hydrazone groups is 1. The molecule has 0 atom stereocenters. The van der Waals surface area contributed by atoms with Gasteiger partial charge >= 0.3 is 0 Å². The van der Waals surface area contributed by atoms with E-state index < -0.39 is 0 Å². The molecule has 0 radical (unpaired) electrons. The number of nitrogens with zero attached hydrogens (tertiary/aromatic N) is 1. The minimum absolute atomic E-state index is 0.0563. The van der Waals surface area contributed by atoms with Crippen LogP contribution in [-0.2, 0) is 4.79 Å². The third-order valence-corrected chi connectivity index (χ3v) is 4.22. The maximum absolute atomic E-state index is 12.2. The Kier molecular flexibility index (Phi) is 6.01. The fourth-order valence-electron chi connectivity index (χ4n) is 2.80. The van der Waals surface area contributed by atoms with Crippen LogP contribution in [0.15, 0.2) is 65.8 Å². The summed E-state index contributed by atoms with van der Waals surface area (Å²) in [6.45, 7) is 1.94. The number of carbonyl (C=O) groups excluding carboxylic acids is 2. The predicted molar refractivity (Wildman–Crippen MR) is 111 cm³/mol. The average Bonchev–Trinajstić information content (AvgIpc) is 2.70. The summed E-state index contributed by atoms with van der Waals surface area (Å²) in [4.78, 5) is 23.8. The van der Waals surface area contributed by atoms with Crippen molar-refractivity contribution in [3.63, 3.8) is 0 Å². The Morgan fingerprint density at radius 2 is 1.79 bits per heavy atom. The summed E-state index contributed by atoms with van der Waals surface area (Å²) in [5, 5.41) is 18.6. The van der Waals surface area contributed by atoms with E-state index in [2.05, 4.69) is 15.8 Å². The van der Waals surface area contributed by atoms with Gasteiger partial charge in [0.2, 0.25) is 5.91 Å². The number of phenols is 1. The standard InChI is InChI=1S/C22H21N3O3/c1-2-5-21(27)24-17-11-8-16(9-12-17)22(28)25-23-14-19-18-7-4-3-6-15(18)10-13-20(19)26/h3-4,6-14,26H,2,5H2,1H3,(H,24,27)(H,25,28).